The number of benzene rings is 2. The quantitative estimate of drug-likeness (QED) is 0.620. The highest BCUT2D eigenvalue weighted by Gasteiger charge is 2.05. The summed E-state index contributed by atoms with van der Waals surface area (Å²) in [5.41, 5.74) is 3.06. The molecule has 3 nitrogen and oxygen atoms in total. The van der Waals surface area contributed by atoms with E-state index in [1.165, 1.54) is 0 Å². The summed E-state index contributed by atoms with van der Waals surface area (Å²) in [4.78, 5) is 4.63. The van der Waals surface area contributed by atoms with Gasteiger partial charge < -0.3 is 10.1 Å². The number of hydrogen-bond acceptors (Lipinski definition) is 4. The molecule has 0 fully saturated rings. The predicted molar refractivity (Wildman–Crippen MR) is 96.1 cm³/mol. The number of halogens is 1. The molecule has 1 N–H and O–H groups in total. The Balaban J connectivity index is 1.75. The number of nitrogens with one attached hydrogen (secondary N) is 1. The average molecular weight is 375 g/mol. The van der Waals surface area contributed by atoms with Crippen LogP contribution in [0.15, 0.2) is 58.4 Å². The molecule has 0 atom stereocenters. The van der Waals surface area contributed by atoms with Crippen LogP contribution in [0.25, 0.3) is 11.3 Å². The van der Waals surface area contributed by atoms with E-state index in [9.17, 15) is 0 Å². The number of thiazole rings is 1. The maximum atomic E-state index is 5.46. The fraction of sp³-hybridized carbons (Fsp3) is 0.118. The first-order valence-corrected chi connectivity index (χ1v) is 8.63. The van der Waals surface area contributed by atoms with Gasteiger partial charge in [-0.1, -0.05) is 22.0 Å². The van der Waals surface area contributed by atoms with E-state index in [0.717, 1.165) is 32.3 Å². The molecule has 0 aliphatic carbocycles. The van der Waals surface area contributed by atoms with Crippen LogP contribution in [0.5, 0.6) is 5.75 Å². The van der Waals surface area contributed by atoms with Gasteiger partial charge in [0.2, 0.25) is 0 Å². The van der Waals surface area contributed by atoms with Crippen LogP contribution >= 0.6 is 27.3 Å². The monoisotopic (exact) mass is 374 g/mol. The van der Waals surface area contributed by atoms with Crippen molar-refractivity contribution in [2.75, 3.05) is 11.9 Å². The highest BCUT2D eigenvalue weighted by atomic mass is 79.9. The number of anilines is 2. The van der Waals surface area contributed by atoms with Crippen molar-refractivity contribution in [1.82, 2.24) is 4.98 Å². The van der Waals surface area contributed by atoms with Crippen molar-refractivity contribution in [3.8, 4) is 17.0 Å². The second-order valence-electron chi connectivity index (χ2n) is 4.63. The van der Waals surface area contributed by atoms with Gasteiger partial charge in [-0.15, -0.1) is 11.3 Å². The van der Waals surface area contributed by atoms with Gasteiger partial charge in [0.1, 0.15) is 5.75 Å². The molecule has 3 aromatic rings. The minimum absolute atomic E-state index is 0.677. The molecule has 0 aliphatic rings. The second-order valence-corrected chi connectivity index (χ2v) is 6.40. The van der Waals surface area contributed by atoms with Gasteiger partial charge >= 0.3 is 0 Å². The molecule has 0 unspecified atom stereocenters. The fourth-order valence-corrected chi connectivity index (χ4v) is 3.18. The minimum Gasteiger partial charge on any atom is -0.494 e. The van der Waals surface area contributed by atoms with Crippen LogP contribution in [0, 0.1) is 0 Å². The van der Waals surface area contributed by atoms with Crippen LogP contribution in [0.1, 0.15) is 6.92 Å². The number of hydrogen-bond donors (Lipinski definition) is 1. The van der Waals surface area contributed by atoms with E-state index in [-0.39, 0.29) is 0 Å². The number of rotatable bonds is 5. The Hall–Kier alpha value is -1.85. The molecule has 0 saturated heterocycles. The van der Waals surface area contributed by atoms with E-state index < -0.39 is 0 Å². The van der Waals surface area contributed by atoms with Crippen molar-refractivity contribution >= 4 is 38.1 Å². The Bertz CT molecular complexity index is 755. The molecule has 0 spiro atoms. The summed E-state index contributed by atoms with van der Waals surface area (Å²) < 4.78 is 6.50. The molecule has 1 aromatic heterocycles. The van der Waals surface area contributed by atoms with E-state index >= 15 is 0 Å². The fourth-order valence-electron chi connectivity index (χ4n) is 2.04. The first-order valence-electron chi connectivity index (χ1n) is 6.96. The summed E-state index contributed by atoms with van der Waals surface area (Å²) in [6.45, 7) is 2.66. The van der Waals surface area contributed by atoms with Crippen molar-refractivity contribution in [2.24, 2.45) is 0 Å². The van der Waals surface area contributed by atoms with E-state index in [1.54, 1.807) is 11.3 Å². The van der Waals surface area contributed by atoms with Crippen molar-refractivity contribution in [2.45, 2.75) is 6.92 Å². The first-order chi connectivity index (χ1) is 10.7. The van der Waals surface area contributed by atoms with E-state index in [4.69, 9.17) is 4.74 Å². The molecule has 1 heterocycles. The van der Waals surface area contributed by atoms with Gasteiger partial charge in [-0.25, -0.2) is 4.98 Å². The molecule has 0 saturated carbocycles. The topological polar surface area (TPSA) is 34.1 Å². The number of nitrogens with zero attached hydrogens (tertiary/aromatic N) is 1. The van der Waals surface area contributed by atoms with Crippen molar-refractivity contribution in [3.05, 3.63) is 58.4 Å². The molecular formula is C17H15BrN2OS. The highest BCUT2D eigenvalue weighted by Crippen LogP contribution is 2.29. The molecule has 0 aliphatic heterocycles. The van der Waals surface area contributed by atoms with Gasteiger partial charge in [0, 0.05) is 21.1 Å². The zero-order valence-corrected chi connectivity index (χ0v) is 14.4. The van der Waals surface area contributed by atoms with Crippen LogP contribution in [0.2, 0.25) is 0 Å². The lowest BCUT2D eigenvalue weighted by Gasteiger charge is -2.04. The standard InChI is InChI=1S/C17H15BrN2OS/c1-2-21-15-8-6-12(7-9-15)16-11-22-17(20-16)19-14-5-3-4-13(18)10-14/h3-11H,2H2,1H3,(H,19,20). The summed E-state index contributed by atoms with van der Waals surface area (Å²) in [5, 5.41) is 6.25. The smallest absolute Gasteiger partial charge is 0.187 e. The summed E-state index contributed by atoms with van der Waals surface area (Å²) in [7, 11) is 0. The van der Waals surface area contributed by atoms with Crippen LogP contribution in [0.4, 0.5) is 10.8 Å². The van der Waals surface area contributed by atoms with Gasteiger partial charge in [-0.05, 0) is 49.4 Å². The second kappa shape index (κ2) is 6.94. The summed E-state index contributed by atoms with van der Waals surface area (Å²) in [6.07, 6.45) is 0. The van der Waals surface area contributed by atoms with Gasteiger partial charge in [0.25, 0.3) is 0 Å². The average Bonchev–Trinajstić information content (AvgIpc) is 2.97. The summed E-state index contributed by atoms with van der Waals surface area (Å²) >= 11 is 5.06. The van der Waals surface area contributed by atoms with Gasteiger partial charge in [0.05, 0.1) is 12.3 Å². The van der Waals surface area contributed by atoms with Gasteiger partial charge in [0.15, 0.2) is 5.13 Å². The van der Waals surface area contributed by atoms with Crippen LogP contribution in [0.3, 0.4) is 0 Å². The van der Waals surface area contributed by atoms with Crippen molar-refractivity contribution < 1.29 is 4.74 Å². The highest BCUT2D eigenvalue weighted by molar-refractivity contribution is 9.10. The molecule has 3 rings (SSSR count). The normalized spacial score (nSPS) is 10.5. The number of aromatic nitrogens is 1. The lowest BCUT2D eigenvalue weighted by atomic mass is 10.2. The molecule has 0 amide bonds. The SMILES string of the molecule is CCOc1ccc(-c2csc(Nc3cccc(Br)c3)n2)cc1. The lowest BCUT2D eigenvalue weighted by Crippen LogP contribution is -1.91. The Labute approximate surface area is 142 Å². The molecule has 0 bridgehead atoms. The van der Waals surface area contributed by atoms with E-state index in [0.29, 0.717) is 6.61 Å². The maximum Gasteiger partial charge on any atom is 0.187 e. The molecule has 0 radical (unpaired) electrons. The van der Waals surface area contributed by atoms with Crippen LogP contribution in [-0.4, -0.2) is 11.6 Å². The van der Waals surface area contributed by atoms with Gasteiger partial charge in [-0.2, -0.15) is 0 Å². The van der Waals surface area contributed by atoms with Crippen LogP contribution in [-0.2, 0) is 0 Å². The largest absolute Gasteiger partial charge is 0.494 e. The molecule has 112 valence electrons. The maximum absolute atomic E-state index is 5.46. The molecule has 22 heavy (non-hydrogen) atoms. The third-order valence-corrected chi connectivity index (χ3v) is 4.29. The lowest BCUT2D eigenvalue weighted by molar-refractivity contribution is 0.340. The Morgan fingerprint density at radius 1 is 1.18 bits per heavy atom. The molecular weight excluding hydrogens is 360 g/mol. The first kappa shape index (κ1) is 15.1. The summed E-state index contributed by atoms with van der Waals surface area (Å²) in [6, 6.07) is 16.0. The summed E-state index contributed by atoms with van der Waals surface area (Å²) in [5.74, 6) is 0.883. The third kappa shape index (κ3) is 3.67. The van der Waals surface area contributed by atoms with Gasteiger partial charge in [-0.3, -0.25) is 0 Å². The Morgan fingerprint density at radius 2 is 2.00 bits per heavy atom. The van der Waals surface area contributed by atoms with Crippen LogP contribution < -0.4 is 10.1 Å². The molecule has 5 heteroatoms. The molecule has 2 aromatic carbocycles. The number of ether oxygens (including phenoxy) is 1. The Morgan fingerprint density at radius 3 is 2.73 bits per heavy atom. The van der Waals surface area contributed by atoms with E-state index in [2.05, 4.69) is 31.6 Å². The minimum atomic E-state index is 0.677. The van der Waals surface area contributed by atoms with E-state index in [1.807, 2.05) is 55.5 Å². The predicted octanol–water partition coefficient (Wildman–Crippen LogP) is 5.71. The zero-order chi connectivity index (χ0) is 15.4. The third-order valence-electron chi connectivity index (χ3n) is 3.04. The van der Waals surface area contributed by atoms with Crippen molar-refractivity contribution in [1.29, 1.82) is 0 Å². The van der Waals surface area contributed by atoms with Crippen molar-refractivity contribution in [3.63, 3.8) is 0 Å². The Kier molecular flexibility index (Phi) is 4.75. The zero-order valence-electron chi connectivity index (χ0n) is 12.0.